The first kappa shape index (κ1) is 16.3. The lowest BCUT2D eigenvalue weighted by molar-refractivity contribution is -0.254. The first-order valence-corrected chi connectivity index (χ1v) is 6.08. The van der Waals surface area contributed by atoms with Crippen LogP contribution in [0.4, 0.5) is 0 Å². The third-order valence-electron chi connectivity index (χ3n) is 3.35. The summed E-state index contributed by atoms with van der Waals surface area (Å²) in [6.07, 6.45) is -6.48. The molecule has 7 atom stereocenters. The number of ether oxygens (including phenoxy) is 1. The minimum atomic E-state index is -1.55. The van der Waals surface area contributed by atoms with Gasteiger partial charge in [-0.1, -0.05) is 6.92 Å². The number of amides is 1. The summed E-state index contributed by atoms with van der Waals surface area (Å²) in [7, 11) is 0. The molecule has 0 radical (unpaired) electrons. The smallest absolute Gasteiger partial charge is 0.225 e. The number of aliphatic hydroxyl groups excluding tert-OH is 5. The Balaban J connectivity index is 2.70. The first-order chi connectivity index (χ1) is 8.79. The normalized spacial score (nSPS) is 38.6. The van der Waals surface area contributed by atoms with Gasteiger partial charge in [-0.05, 0) is 6.92 Å². The van der Waals surface area contributed by atoms with Gasteiger partial charge in [0.25, 0.3) is 0 Å². The van der Waals surface area contributed by atoms with E-state index in [-0.39, 0.29) is 0 Å². The Hall–Kier alpha value is -0.770. The molecule has 8 heteroatoms. The van der Waals surface area contributed by atoms with Crippen LogP contribution in [0.1, 0.15) is 13.8 Å². The van der Waals surface area contributed by atoms with Crippen molar-refractivity contribution >= 4 is 5.91 Å². The SMILES string of the molecule is CC(O)C(C)C(=O)NC1C(O)[C@@H](O)C(CO)O[C@H]1O. The van der Waals surface area contributed by atoms with E-state index in [1.807, 2.05) is 0 Å². The highest BCUT2D eigenvalue weighted by atomic mass is 16.6. The van der Waals surface area contributed by atoms with Crippen molar-refractivity contribution in [1.29, 1.82) is 0 Å². The second-order valence-electron chi connectivity index (χ2n) is 4.79. The lowest BCUT2D eigenvalue weighted by Crippen LogP contribution is -2.64. The fourth-order valence-electron chi connectivity index (χ4n) is 1.77. The lowest BCUT2D eigenvalue weighted by Gasteiger charge is -2.40. The van der Waals surface area contributed by atoms with Crippen LogP contribution in [0.25, 0.3) is 0 Å². The van der Waals surface area contributed by atoms with Crippen LogP contribution in [0, 0.1) is 5.92 Å². The van der Waals surface area contributed by atoms with Crippen LogP contribution < -0.4 is 5.32 Å². The van der Waals surface area contributed by atoms with Crippen LogP contribution in [0.2, 0.25) is 0 Å². The predicted octanol–water partition coefficient (Wildman–Crippen LogP) is -3.08. The standard InChI is InChI=1S/C11H21NO7/c1-4(5(2)14)10(17)12-7-9(16)8(15)6(3-13)19-11(7)18/h4-9,11,13-16,18H,3H2,1-2H3,(H,12,17)/t4?,5?,6?,7?,8-,9?,11+/m0/s1. The first-order valence-electron chi connectivity index (χ1n) is 6.08. The zero-order valence-electron chi connectivity index (χ0n) is 10.8. The number of carbonyl (C=O) groups excluding carboxylic acids is 1. The van der Waals surface area contributed by atoms with Crippen molar-refractivity contribution in [3.8, 4) is 0 Å². The van der Waals surface area contributed by atoms with Gasteiger partial charge in [-0.15, -0.1) is 0 Å². The van der Waals surface area contributed by atoms with Gasteiger partial charge in [0.15, 0.2) is 6.29 Å². The topological polar surface area (TPSA) is 139 Å². The summed E-state index contributed by atoms with van der Waals surface area (Å²) < 4.78 is 4.89. The second kappa shape index (κ2) is 6.60. The Kier molecular flexibility index (Phi) is 5.65. The number of aliphatic hydroxyl groups is 5. The molecule has 1 saturated heterocycles. The molecule has 6 N–H and O–H groups in total. The molecule has 0 spiro atoms. The molecule has 0 aromatic rings. The number of carbonyl (C=O) groups is 1. The van der Waals surface area contributed by atoms with Crippen molar-refractivity contribution in [3.63, 3.8) is 0 Å². The number of nitrogens with one attached hydrogen (secondary N) is 1. The van der Waals surface area contributed by atoms with Crippen LogP contribution in [0.15, 0.2) is 0 Å². The molecule has 19 heavy (non-hydrogen) atoms. The molecule has 0 aromatic heterocycles. The maximum absolute atomic E-state index is 11.7. The van der Waals surface area contributed by atoms with Gasteiger partial charge in [-0.3, -0.25) is 4.79 Å². The van der Waals surface area contributed by atoms with E-state index in [1.54, 1.807) is 0 Å². The molecule has 0 aromatic carbocycles. The van der Waals surface area contributed by atoms with Gasteiger partial charge < -0.3 is 35.6 Å². The number of hydrogen-bond acceptors (Lipinski definition) is 7. The summed E-state index contributed by atoms with van der Waals surface area (Å²) in [6, 6.07) is -1.23. The Morgan fingerprint density at radius 1 is 1.26 bits per heavy atom. The fourth-order valence-corrected chi connectivity index (χ4v) is 1.77. The molecule has 1 heterocycles. The molecule has 112 valence electrons. The van der Waals surface area contributed by atoms with Crippen LogP contribution in [-0.4, -0.2) is 74.8 Å². The number of rotatable bonds is 4. The number of hydrogen-bond donors (Lipinski definition) is 6. The third-order valence-corrected chi connectivity index (χ3v) is 3.35. The highest BCUT2D eigenvalue weighted by molar-refractivity contribution is 5.79. The zero-order chi connectivity index (χ0) is 14.7. The molecule has 0 aliphatic carbocycles. The van der Waals surface area contributed by atoms with Crippen LogP contribution in [0.3, 0.4) is 0 Å². The molecule has 1 aliphatic heterocycles. The molecule has 5 unspecified atom stereocenters. The van der Waals surface area contributed by atoms with Crippen molar-refractivity contribution in [3.05, 3.63) is 0 Å². The molecule has 1 amide bonds. The van der Waals surface area contributed by atoms with Gasteiger partial charge in [0.05, 0.1) is 18.6 Å². The van der Waals surface area contributed by atoms with Gasteiger partial charge in [0.2, 0.25) is 5.91 Å². The summed E-state index contributed by atoms with van der Waals surface area (Å²) >= 11 is 0. The fraction of sp³-hybridized carbons (Fsp3) is 0.909. The van der Waals surface area contributed by atoms with E-state index in [2.05, 4.69) is 5.32 Å². The maximum atomic E-state index is 11.7. The molecular formula is C11H21NO7. The van der Waals surface area contributed by atoms with Gasteiger partial charge >= 0.3 is 0 Å². The van der Waals surface area contributed by atoms with E-state index in [1.165, 1.54) is 13.8 Å². The summed E-state index contributed by atoms with van der Waals surface area (Å²) in [6.45, 7) is 2.35. The molecule has 0 bridgehead atoms. The van der Waals surface area contributed by atoms with E-state index in [4.69, 9.17) is 9.84 Å². The Labute approximate surface area is 110 Å². The molecule has 1 rings (SSSR count). The molecule has 1 fully saturated rings. The predicted molar refractivity (Wildman–Crippen MR) is 62.8 cm³/mol. The van der Waals surface area contributed by atoms with E-state index >= 15 is 0 Å². The highest BCUT2D eigenvalue weighted by Gasteiger charge is 2.44. The van der Waals surface area contributed by atoms with Crippen LogP contribution in [-0.2, 0) is 9.53 Å². The third kappa shape index (κ3) is 3.62. The van der Waals surface area contributed by atoms with Gasteiger partial charge in [0.1, 0.15) is 24.4 Å². The average Bonchev–Trinajstić information content (AvgIpc) is 2.37. The average molecular weight is 279 g/mol. The lowest BCUT2D eigenvalue weighted by atomic mass is 9.96. The van der Waals surface area contributed by atoms with Gasteiger partial charge in [-0.25, -0.2) is 0 Å². The van der Waals surface area contributed by atoms with E-state index < -0.39 is 55.2 Å². The van der Waals surface area contributed by atoms with E-state index in [0.29, 0.717) is 0 Å². The summed E-state index contributed by atoms with van der Waals surface area (Å²) in [5.41, 5.74) is 0. The minimum Gasteiger partial charge on any atom is -0.394 e. The highest BCUT2D eigenvalue weighted by Crippen LogP contribution is 2.20. The van der Waals surface area contributed by atoms with Gasteiger partial charge in [-0.2, -0.15) is 0 Å². The monoisotopic (exact) mass is 279 g/mol. The maximum Gasteiger partial charge on any atom is 0.225 e. The summed E-state index contributed by atoms with van der Waals surface area (Å²) in [5.74, 6) is -1.33. The minimum absolute atomic E-state index is 0.569. The molecule has 1 aliphatic rings. The van der Waals surface area contributed by atoms with Gasteiger partial charge in [0, 0.05) is 0 Å². The Morgan fingerprint density at radius 2 is 1.84 bits per heavy atom. The van der Waals surface area contributed by atoms with Crippen molar-refractivity contribution in [2.24, 2.45) is 5.92 Å². The molecular weight excluding hydrogens is 258 g/mol. The van der Waals surface area contributed by atoms with Crippen LogP contribution >= 0.6 is 0 Å². The molecule has 8 nitrogen and oxygen atoms in total. The zero-order valence-corrected chi connectivity index (χ0v) is 10.8. The second-order valence-corrected chi connectivity index (χ2v) is 4.79. The van der Waals surface area contributed by atoms with Crippen molar-refractivity contribution in [2.45, 2.75) is 50.6 Å². The van der Waals surface area contributed by atoms with Crippen molar-refractivity contribution in [2.75, 3.05) is 6.61 Å². The summed E-state index contributed by atoms with van der Waals surface area (Å²) in [5, 5.41) is 49.6. The molecule has 0 saturated carbocycles. The summed E-state index contributed by atoms with van der Waals surface area (Å²) in [4.78, 5) is 11.7. The Morgan fingerprint density at radius 3 is 2.32 bits per heavy atom. The Bertz CT molecular complexity index is 311. The van der Waals surface area contributed by atoms with Crippen LogP contribution in [0.5, 0.6) is 0 Å². The van der Waals surface area contributed by atoms with E-state index in [0.717, 1.165) is 0 Å². The van der Waals surface area contributed by atoms with Crippen molar-refractivity contribution < 1.29 is 35.1 Å². The largest absolute Gasteiger partial charge is 0.394 e. The quantitative estimate of drug-likeness (QED) is 0.321. The van der Waals surface area contributed by atoms with Crippen molar-refractivity contribution in [1.82, 2.24) is 5.32 Å². The van der Waals surface area contributed by atoms with E-state index in [9.17, 15) is 25.2 Å².